The van der Waals surface area contributed by atoms with Gasteiger partial charge < -0.3 is 4.74 Å². The van der Waals surface area contributed by atoms with E-state index in [2.05, 4.69) is 26.0 Å². The lowest BCUT2D eigenvalue weighted by Gasteiger charge is -2.21. The SMILES string of the molecule is CC(C)c1ccc(C(=O)CC2CCCCO2)cc1. The van der Waals surface area contributed by atoms with E-state index in [1.807, 2.05) is 12.1 Å². The van der Waals surface area contributed by atoms with Gasteiger partial charge in [0, 0.05) is 18.6 Å². The van der Waals surface area contributed by atoms with Crippen LogP contribution in [0, 0.1) is 0 Å². The average molecular weight is 246 g/mol. The molecule has 2 heteroatoms. The third-order valence-corrected chi connectivity index (χ3v) is 3.59. The van der Waals surface area contributed by atoms with Crippen molar-refractivity contribution in [3.63, 3.8) is 0 Å². The van der Waals surface area contributed by atoms with Gasteiger partial charge in [-0.05, 0) is 30.7 Å². The van der Waals surface area contributed by atoms with E-state index in [4.69, 9.17) is 4.74 Å². The molecule has 98 valence electrons. The number of rotatable bonds is 4. The second-order valence-electron chi connectivity index (χ2n) is 5.39. The van der Waals surface area contributed by atoms with E-state index >= 15 is 0 Å². The highest BCUT2D eigenvalue weighted by Gasteiger charge is 2.18. The van der Waals surface area contributed by atoms with E-state index in [-0.39, 0.29) is 11.9 Å². The molecule has 0 aliphatic carbocycles. The molecule has 1 fully saturated rings. The summed E-state index contributed by atoms with van der Waals surface area (Å²) in [7, 11) is 0. The molecule has 1 aliphatic rings. The van der Waals surface area contributed by atoms with Gasteiger partial charge in [0.15, 0.2) is 5.78 Å². The van der Waals surface area contributed by atoms with E-state index in [0.29, 0.717) is 12.3 Å². The quantitative estimate of drug-likeness (QED) is 0.752. The Kier molecular flexibility index (Phi) is 4.54. The molecule has 0 aromatic heterocycles. The summed E-state index contributed by atoms with van der Waals surface area (Å²) >= 11 is 0. The van der Waals surface area contributed by atoms with E-state index in [1.165, 1.54) is 12.0 Å². The maximum absolute atomic E-state index is 12.1. The molecule has 0 N–H and O–H groups in total. The number of Topliss-reactive ketones (excluding diaryl/α,β-unsaturated/α-hetero) is 1. The highest BCUT2D eigenvalue weighted by Crippen LogP contribution is 2.19. The van der Waals surface area contributed by atoms with Gasteiger partial charge in [-0.1, -0.05) is 38.1 Å². The van der Waals surface area contributed by atoms with Gasteiger partial charge in [0.2, 0.25) is 0 Å². The number of carbonyl (C=O) groups is 1. The summed E-state index contributed by atoms with van der Waals surface area (Å²) in [5.41, 5.74) is 2.09. The van der Waals surface area contributed by atoms with Gasteiger partial charge in [-0.15, -0.1) is 0 Å². The number of ketones is 1. The predicted octanol–water partition coefficient (Wildman–Crippen LogP) is 3.95. The van der Waals surface area contributed by atoms with Gasteiger partial charge in [-0.25, -0.2) is 0 Å². The van der Waals surface area contributed by atoms with Crippen molar-refractivity contribution in [3.8, 4) is 0 Å². The zero-order valence-electron chi connectivity index (χ0n) is 11.3. The second-order valence-corrected chi connectivity index (χ2v) is 5.39. The summed E-state index contributed by atoms with van der Waals surface area (Å²) in [5.74, 6) is 0.716. The highest BCUT2D eigenvalue weighted by atomic mass is 16.5. The Morgan fingerprint density at radius 3 is 2.56 bits per heavy atom. The van der Waals surface area contributed by atoms with Crippen LogP contribution in [-0.4, -0.2) is 18.5 Å². The third kappa shape index (κ3) is 3.42. The van der Waals surface area contributed by atoms with Crippen molar-refractivity contribution in [2.75, 3.05) is 6.61 Å². The fraction of sp³-hybridized carbons (Fsp3) is 0.562. The van der Waals surface area contributed by atoms with Crippen LogP contribution in [0.15, 0.2) is 24.3 Å². The van der Waals surface area contributed by atoms with Crippen molar-refractivity contribution in [3.05, 3.63) is 35.4 Å². The van der Waals surface area contributed by atoms with Crippen LogP contribution in [0.4, 0.5) is 0 Å². The molecule has 0 amide bonds. The van der Waals surface area contributed by atoms with Crippen molar-refractivity contribution in [2.24, 2.45) is 0 Å². The monoisotopic (exact) mass is 246 g/mol. The van der Waals surface area contributed by atoms with Crippen molar-refractivity contribution < 1.29 is 9.53 Å². The molecule has 1 saturated heterocycles. The standard InChI is InChI=1S/C16H22O2/c1-12(2)13-6-8-14(9-7-13)16(17)11-15-5-3-4-10-18-15/h6-9,12,15H,3-5,10-11H2,1-2H3. The van der Waals surface area contributed by atoms with Crippen LogP contribution in [-0.2, 0) is 4.74 Å². The molecule has 0 spiro atoms. The van der Waals surface area contributed by atoms with E-state index < -0.39 is 0 Å². The Morgan fingerprint density at radius 2 is 2.00 bits per heavy atom. The van der Waals surface area contributed by atoms with E-state index in [1.54, 1.807) is 0 Å². The lowest BCUT2D eigenvalue weighted by Crippen LogP contribution is -2.22. The summed E-state index contributed by atoms with van der Waals surface area (Å²) in [6.45, 7) is 5.13. The summed E-state index contributed by atoms with van der Waals surface area (Å²) in [5, 5.41) is 0. The maximum atomic E-state index is 12.1. The predicted molar refractivity (Wildman–Crippen MR) is 73.1 cm³/mol. The summed E-state index contributed by atoms with van der Waals surface area (Å²) < 4.78 is 5.61. The zero-order valence-corrected chi connectivity index (χ0v) is 11.3. The normalized spacial score (nSPS) is 20.1. The highest BCUT2D eigenvalue weighted by molar-refractivity contribution is 5.96. The van der Waals surface area contributed by atoms with Crippen molar-refractivity contribution in [1.82, 2.24) is 0 Å². The average Bonchev–Trinajstić information content (AvgIpc) is 2.40. The Hall–Kier alpha value is -1.15. The molecule has 1 aromatic carbocycles. The van der Waals surface area contributed by atoms with Gasteiger partial charge >= 0.3 is 0 Å². The molecule has 0 bridgehead atoms. The van der Waals surface area contributed by atoms with Crippen molar-refractivity contribution >= 4 is 5.78 Å². The van der Waals surface area contributed by atoms with Gasteiger partial charge in [-0.3, -0.25) is 4.79 Å². The molecule has 2 nitrogen and oxygen atoms in total. The lowest BCUT2D eigenvalue weighted by molar-refractivity contribution is 0.0129. The maximum Gasteiger partial charge on any atom is 0.165 e. The molecule has 2 rings (SSSR count). The molecule has 1 aromatic rings. The first-order valence-corrected chi connectivity index (χ1v) is 6.91. The minimum atomic E-state index is 0.135. The van der Waals surface area contributed by atoms with Crippen molar-refractivity contribution in [1.29, 1.82) is 0 Å². The number of carbonyl (C=O) groups excluding carboxylic acids is 1. The number of benzene rings is 1. The number of hydrogen-bond donors (Lipinski definition) is 0. The van der Waals surface area contributed by atoms with Crippen LogP contribution in [0.5, 0.6) is 0 Å². The Bertz CT molecular complexity index is 386. The summed E-state index contributed by atoms with van der Waals surface area (Å²) in [6.07, 6.45) is 4.01. The molecule has 18 heavy (non-hydrogen) atoms. The van der Waals surface area contributed by atoms with E-state index in [0.717, 1.165) is 25.0 Å². The lowest BCUT2D eigenvalue weighted by atomic mass is 9.97. The zero-order chi connectivity index (χ0) is 13.0. The molecule has 1 heterocycles. The van der Waals surface area contributed by atoms with Crippen LogP contribution >= 0.6 is 0 Å². The molecular formula is C16H22O2. The van der Waals surface area contributed by atoms with Gasteiger partial charge in [0.05, 0.1) is 6.10 Å². The second kappa shape index (κ2) is 6.14. The largest absolute Gasteiger partial charge is 0.378 e. The molecule has 0 saturated carbocycles. The topological polar surface area (TPSA) is 26.3 Å². The Labute approximate surface area is 109 Å². The molecule has 0 radical (unpaired) electrons. The Morgan fingerprint density at radius 1 is 1.28 bits per heavy atom. The van der Waals surface area contributed by atoms with Crippen LogP contribution in [0.25, 0.3) is 0 Å². The van der Waals surface area contributed by atoms with Gasteiger partial charge in [-0.2, -0.15) is 0 Å². The molecule has 1 aliphatic heterocycles. The fourth-order valence-electron chi connectivity index (χ4n) is 2.35. The summed E-state index contributed by atoms with van der Waals surface area (Å²) in [4.78, 5) is 12.1. The first kappa shape index (κ1) is 13.3. The summed E-state index contributed by atoms with van der Waals surface area (Å²) in [6, 6.07) is 8.00. The third-order valence-electron chi connectivity index (χ3n) is 3.59. The molecule has 1 atom stereocenters. The van der Waals surface area contributed by atoms with Crippen LogP contribution in [0.3, 0.4) is 0 Å². The minimum absolute atomic E-state index is 0.135. The molecule has 1 unspecified atom stereocenters. The van der Waals surface area contributed by atoms with Crippen LogP contribution in [0.2, 0.25) is 0 Å². The first-order valence-electron chi connectivity index (χ1n) is 6.91. The number of ether oxygens (including phenoxy) is 1. The van der Waals surface area contributed by atoms with Crippen LogP contribution < -0.4 is 0 Å². The molecular weight excluding hydrogens is 224 g/mol. The smallest absolute Gasteiger partial charge is 0.165 e. The number of hydrogen-bond acceptors (Lipinski definition) is 2. The fourth-order valence-corrected chi connectivity index (χ4v) is 2.35. The van der Waals surface area contributed by atoms with Crippen molar-refractivity contribution in [2.45, 2.75) is 51.6 Å². The Balaban J connectivity index is 1.95. The van der Waals surface area contributed by atoms with E-state index in [9.17, 15) is 4.79 Å². The van der Waals surface area contributed by atoms with Crippen LogP contribution in [0.1, 0.15) is 61.4 Å². The van der Waals surface area contributed by atoms with Gasteiger partial charge in [0.25, 0.3) is 0 Å². The first-order chi connectivity index (χ1) is 8.66. The van der Waals surface area contributed by atoms with Gasteiger partial charge in [0.1, 0.15) is 0 Å². The minimum Gasteiger partial charge on any atom is -0.378 e.